The van der Waals surface area contributed by atoms with E-state index in [1.807, 2.05) is 0 Å². The molecule has 1 aromatic carbocycles. The van der Waals surface area contributed by atoms with E-state index >= 15 is 0 Å². The Morgan fingerprint density at radius 3 is 2.71 bits per heavy atom. The molecule has 2 rings (SSSR count). The second kappa shape index (κ2) is 6.88. The normalized spacial score (nSPS) is 10.1. The third kappa shape index (κ3) is 3.72. The van der Waals surface area contributed by atoms with E-state index in [0.717, 1.165) is 8.95 Å². The third-order valence-corrected chi connectivity index (χ3v) is 3.94. The number of nitrogens with zero attached hydrogens (tertiary/aromatic N) is 1. The van der Waals surface area contributed by atoms with Crippen LogP contribution < -0.4 is 21.3 Å². The van der Waals surface area contributed by atoms with Gasteiger partial charge in [-0.05, 0) is 50.1 Å². The van der Waals surface area contributed by atoms with Gasteiger partial charge in [0.25, 0.3) is 5.91 Å². The average Bonchev–Trinajstić information content (AvgIpc) is 2.50. The number of hydrogen-bond donors (Lipinski definition) is 3. The van der Waals surface area contributed by atoms with Crippen molar-refractivity contribution in [3.8, 4) is 5.75 Å². The van der Waals surface area contributed by atoms with Crippen LogP contribution in [0.3, 0.4) is 0 Å². The molecule has 0 atom stereocenters. The average molecular weight is 416 g/mol. The number of halogens is 2. The highest BCUT2D eigenvalue weighted by Crippen LogP contribution is 2.34. The maximum Gasteiger partial charge on any atom is 0.255 e. The molecular formula is C13H12Br2N4O2. The molecule has 2 aromatic rings. The summed E-state index contributed by atoms with van der Waals surface area (Å²) in [7, 11) is 1.56. The van der Waals surface area contributed by atoms with Gasteiger partial charge in [0.15, 0.2) is 0 Å². The van der Waals surface area contributed by atoms with Crippen LogP contribution in [0.4, 0.5) is 11.5 Å². The number of methoxy groups -OCH3 is 1. The van der Waals surface area contributed by atoms with E-state index in [9.17, 15) is 4.79 Å². The van der Waals surface area contributed by atoms with Gasteiger partial charge in [0.05, 0.1) is 17.3 Å². The van der Waals surface area contributed by atoms with Crippen LogP contribution in [0.2, 0.25) is 0 Å². The predicted octanol–water partition coefficient (Wildman–Crippen LogP) is 3.15. The van der Waals surface area contributed by atoms with Crippen LogP contribution in [-0.2, 0) is 0 Å². The second-order valence-corrected chi connectivity index (χ2v) is 5.70. The van der Waals surface area contributed by atoms with Gasteiger partial charge in [-0.3, -0.25) is 4.79 Å². The lowest BCUT2D eigenvalue weighted by molar-refractivity contribution is 0.102. The quantitative estimate of drug-likeness (QED) is 0.527. The highest BCUT2D eigenvalue weighted by molar-refractivity contribution is 9.11. The Morgan fingerprint density at radius 1 is 1.29 bits per heavy atom. The van der Waals surface area contributed by atoms with Crippen molar-refractivity contribution in [3.05, 3.63) is 45.0 Å². The maximum absolute atomic E-state index is 12.2. The molecule has 0 fully saturated rings. The second-order valence-electron chi connectivity index (χ2n) is 3.99. The van der Waals surface area contributed by atoms with Crippen molar-refractivity contribution in [2.24, 2.45) is 5.84 Å². The summed E-state index contributed by atoms with van der Waals surface area (Å²) in [6.07, 6.45) is 1.50. The zero-order chi connectivity index (χ0) is 15.4. The molecule has 0 radical (unpaired) electrons. The summed E-state index contributed by atoms with van der Waals surface area (Å²) in [5, 5.41) is 2.80. The van der Waals surface area contributed by atoms with Gasteiger partial charge >= 0.3 is 0 Å². The molecule has 0 unspecified atom stereocenters. The first kappa shape index (κ1) is 15.7. The smallest absolute Gasteiger partial charge is 0.255 e. The molecule has 0 aliphatic rings. The Balaban J connectivity index is 2.26. The maximum atomic E-state index is 12.2. The van der Waals surface area contributed by atoms with E-state index in [1.165, 1.54) is 6.20 Å². The number of carbonyl (C=O) groups is 1. The van der Waals surface area contributed by atoms with Crippen LogP contribution in [-0.4, -0.2) is 18.0 Å². The minimum Gasteiger partial charge on any atom is -0.495 e. The molecule has 0 spiro atoms. The van der Waals surface area contributed by atoms with E-state index in [4.69, 9.17) is 10.6 Å². The standard InChI is InChI=1S/C13H12Br2N4O2/c1-21-11-6-10(8(14)5-9(11)15)18-13(20)7-2-3-17-12(4-7)19-16/h2-6H,16H2,1H3,(H,17,19)(H,18,20). The van der Waals surface area contributed by atoms with Crippen LogP contribution in [0.5, 0.6) is 5.75 Å². The number of ether oxygens (including phenoxy) is 1. The summed E-state index contributed by atoms with van der Waals surface area (Å²) < 4.78 is 6.73. The summed E-state index contributed by atoms with van der Waals surface area (Å²) in [5.41, 5.74) is 3.43. The molecule has 4 N–H and O–H groups in total. The van der Waals surface area contributed by atoms with Crippen LogP contribution in [0.25, 0.3) is 0 Å². The summed E-state index contributed by atoms with van der Waals surface area (Å²) in [6, 6.07) is 6.67. The first-order valence-corrected chi connectivity index (χ1v) is 7.40. The summed E-state index contributed by atoms with van der Waals surface area (Å²) in [6.45, 7) is 0. The van der Waals surface area contributed by atoms with E-state index in [-0.39, 0.29) is 5.91 Å². The number of hydrogen-bond acceptors (Lipinski definition) is 5. The molecule has 1 amide bonds. The molecule has 1 heterocycles. The van der Waals surface area contributed by atoms with Crippen molar-refractivity contribution in [2.45, 2.75) is 0 Å². The summed E-state index contributed by atoms with van der Waals surface area (Å²) in [4.78, 5) is 16.2. The molecule has 110 valence electrons. The number of amides is 1. The van der Waals surface area contributed by atoms with Crippen molar-refractivity contribution >= 4 is 49.3 Å². The van der Waals surface area contributed by atoms with Gasteiger partial charge in [-0.1, -0.05) is 0 Å². The molecule has 6 nitrogen and oxygen atoms in total. The minimum atomic E-state index is -0.279. The number of nitrogens with two attached hydrogens (primary N) is 1. The monoisotopic (exact) mass is 414 g/mol. The molecule has 0 saturated carbocycles. The predicted molar refractivity (Wildman–Crippen MR) is 88.4 cm³/mol. The number of carbonyl (C=O) groups excluding carboxylic acids is 1. The molecule has 1 aromatic heterocycles. The summed E-state index contributed by atoms with van der Waals surface area (Å²) in [5.74, 6) is 6.03. The molecule has 0 aliphatic carbocycles. The molecule has 21 heavy (non-hydrogen) atoms. The van der Waals surface area contributed by atoms with Gasteiger partial charge < -0.3 is 15.5 Å². The lowest BCUT2D eigenvalue weighted by atomic mass is 10.2. The number of aromatic nitrogens is 1. The van der Waals surface area contributed by atoms with Gasteiger partial charge in [0.2, 0.25) is 0 Å². The number of benzene rings is 1. The van der Waals surface area contributed by atoms with E-state index in [2.05, 4.69) is 47.6 Å². The third-order valence-electron chi connectivity index (χ3n) is 2.66. The van der Waals surface area contributed by atoms with E-state index in [0.29, 0.717) is 22.8 Å². The van der Waals surface area contributed by atoms with E-state index in [1.54, 1.807) is 31.4 Å². The van der Waals surface area contributed by atoms with E-state index < -0.39 is 0 Å². The van der Waals surface area contributed by atoms with Crippen molar-refractivity contribution < 1.29 is 9.53 Å². The van der Waals surface area contributed by atoms with Crippen molar-refractivity contribution in [3.63, 3.8) is 0 Å². The molecule has 8 heteroatoms. The fourth-order valence-electron chi connectivity index (χ4n) is 1.63. The number of anilines is 2. The number of hydrazine groups is 1. The highest BCUT2D eigenvalue weighted by atomic mass is 79.9. The fourth-order valence-corrected chi connectivity index (χ4v) is 2.88. The Bertz CT molecular complexity index is 679. The van der Waals surface area contributed by atoms with Gasteiger partial charge in [-0.2, -0.15) is 0 Å². The lowest BCUT2D eigenvalue weighted by Crippen LogP contribution is -2.14. The van der Waals surface area contributed by atoms with Crippen LogP contribution in [0.15, 0.2) is 39.4 Å². The van der Waals surface area contributed by atoms with Crippen molar-refractivity contribution in [1.82, 2.24) is 4.98 Å². The molecule has 0 saturated heterocycles. The zero-order valence-electron chi connectivity index (χ0n) is 11.0. The molecular weight excluding hydrogens is 404 g/mol. The van der Waals surface area contributed by atoms with Crippen molar-refractivity contribution in [2.75, 3.05) is 17.9 Å². The SMILES string of the molecule is COc1cc(NC(=O)c2ccnc(NN)c2)c(Br)cc1Br. The number of nitrogen functional groups attached to an aromatic ring is 1. The van der Waals surface area contributed by atoms with Gasteiger partial charge in [0, 0.05) is 22.3 Å². The largest absolute Gasteiger partial charge is 0.495 e. The fraction of sp³-hybridized carbons (Fsp3) is 0.0769. The zero-order valence-corrected chi connectivity index (χ0v) is 14.2. The number of rotatable bonds is 4. The first-order chi connectivity index (χ1) is 10.0. The molecule has 0 aliphatic heterocycles. The minimum absolute atomic E-state index is 0.279. The Labute approximate surface area is 138 Å². The lowest BCUT2D eigenvalue weighted by Gasteiger charge is -2.11. The van der Waals surface area contributed by atoms with Crippen LogP contribution in [0.1, 0.15) is 10.4 Å². The topological polar surface area (TPSA) is 89.3 Å². The van der Waals surface area contributed by atoms with Crippen molar-refractivity contribution in [1.29, 1.82) is 0 Å². The van der Waals surface area contributed by atoms with Gasteiger partial charge in [0.1, 0.15) is 11.6 Å². The molecule has 0 bridgehead atoms. The van der Waals surface area contributed by atoms with Crippen LogP contribution in [0, 0.1) is 0 Å². The summed E-state index contributed by atoms with van der Waals surface area (Å²) >= 11 is 6.77. The van der Waals surface area contributed by atoms with Gasteiger partial charge in [-0.25, -0.2) is 10.8 Å². The Kier molecular flexibility index (Phi) is 5.16. The number of nitrogens with one attached hydrogen (secondary N) is 2. The first-order valence-electron chi connectivity index (χ1n) is 5.82. The Morgan fingerprint density at radius 2 is 2.05 bits per heavy atom. The Hall–Kier alpha value is -1.64. The van der Waals surface area contributed by atoms with Gasteiger partial charge in [-0.15, -0.1) is 0 Å². The van der Waals surface area contributed by atoms with Crippen LogP contribution >= 0.6 is 31.9 Å². The number of pyridine rings is 1. The highest BCUT2D eigenvalue weighted by Gasteiger charge is 2.12.